The SMILES string of the molecule is CCCOc1cc(C)ccc1N. The van der Waals surface area contributed by atoms with Crippen LogP contribution >= 0.6 is 0 Å². The van der Waals surface area contributed by atoms with Gasteiger partial charge in [-0.3, -0.25) is 0 Å². The molecule has 0 atom stereocenters. The zero-order chi connectivity index (χ0) is 8.97. The number of rotatable bonds is 3. The second-order valence-corrected chi connectivity index (χ2v) is 2.89. The van der Waals surface area contributed by atoms with Gasteiger partial charge in [0.1, 0.15) is 5.75 Å². The van der Waals surface area contributed by atoms with Crippen LogP contribution in [0, 0.1) is 6.92 Å². The zero-order valence-electron chi connectivity index (χ0n) is 7.63. The molecule has 0 spiro atoms. The highest BCUT2D eigenvalue weighted by molar-refractivity contribution is 5.53. The van der Waals surface area contributed by atoms with Crippen LogP contribution in [-0.2, 0) is 0 Å². The topological polar surface area (TPSA) is 35.2 Å². The quantitative estimate of drug-likeness (QED) is 0.698. The second-order valence-electron chi connectivity index (χ2n) is 2.89. The summed E-state index contributed by atoms with van der Waals surface area (Å²) >= 11 is 0. The fourth-order valence-electron chi connectivity index (χ4n) is 0.979. The van der Waals surface area contributed by atoms with Gasteiger partial charge in [-0.25, -0.2) is 0 Å². The lowest BCUT2D eigenvalue weighted by Gasteiger charge is -2.07. The number of nitrogen functional groups attached to an aromatic ring is 1. The highest BCUT2D eigenvalue weighted by Gasteiger charge is 1.98. The molecule has 2 N–H and O–H groups in total. The van der Waals surface area contributed by atoms with Crippen molar-refractivity contribution >= 4 is 5.69 Å². The van der Waals surface area contributed by atoms with Crippen LogP contribution in [-0.4, -0.2) is 6.61 Å². The average molecular weight is 165 g/mol. The Balaban J connectivity index is 2.75. The van der Waals surface area contributed by atoms with Crippen LogP contribution in [0.15, 0.2) is 18.2 Å². The maximum Gasteiger partial charge on any atom is 0.142 e. The largest absolute Gasteiger partial charge is 0.491 e. The van der Waals surface area contributed by atoms with Crippen molar-refractivity contribution < 1.29 is 4.74 Å². The summed E-state index contributed by atoms with van der Waals surface area (Å²) in [7, 11) is 0. The first kappa shape index (κ1) is 8.91. The third kappa shape index (κ3) is 2.16. The molecule has 0 aliphatic carbocycles. The van der Waals surface area contributed by atoms with Gasteiger partial charge in [-0.1, -0.05) is 13.0 Å². The highest BCUT2D eigenvalue weighted by atomic mass is 16.5. The fourth-order valence-corrected chi connectivity index (χ4v) is 0.979. The van der Waals surface area contributed by atoms with Gasteiger partial charge in [-0.2, -0.15) is 0 Å². The maximum atomic E-state index is 5.71. The van der Waals surface area contributed by atoms with Crippen molar-refractivity contribution in [2.75, 3.05) is 12.3 Å². The van der Waals surface area contributed by atoms with Gasteiger partial charge in [0.05, 0.1) is 12.3 Å². The van der Waals surface area contributed by atoms with Gasteiger partial charge in [0.15, 0.2) is 0 Å². The molecule has 0 saturated heterocycles. The van der Waals surface area contributed by atoms with Crippen LogP contribution in [0.1, 0.15) is 18.9 Å². The molecule has 2 heteroatoms. The van der Waals surface area contributed by atoms with Crippen molar-refractivity contribution in [1.29, 1.82) is 0 Å². The summed E-state index contributed by atoms with van der Waals surface area (Å²) in [5.74, 6) is 0.803. The molecule has 0 amide bonds. The Hall–Kier alpha value is -1.18. The minimum atomic E-state index is 0.717. The third-order valence-electron chi connectivity index (χ3n) is 1.63. The molecular weight excluding hydrogens is 150 g/mol. The second kappa shape index (κ2) is 4.00. The molecule has 0 radical (unpaired) electrons. The van der Waals surface area contributed by atoms with Crippen LogP contribution in [0.5, 0.6) is 5.75 Å². The molecule has 0 aliphatic rings. The van der Waals surface area contributed by atoms with E-state index in [2.05, 4.69) is 6.92 Å². The summed E-state index contributed by atoms with van der Waals surface area (Å²) in [6.07, 6.45) is 1.01. The van der Waals surface area contributed by atoms with E-state index in [9.17, 15) is 0 Å². The zero-order valence-corrected chi connectivity index (χ0v) is 7.63. The molecule has 2 nitrogen and oxygen atoms in total. The summed E-state index contributed by atoms with van der Waals surface area (Å²) < 4.78 is 5.44. The standard InChI is InChI=1S/C10H15NO/c1-3-6-12-10-7-8(2)4-5-9(10)11/h4-5,7H,3,6,11H2,1-2H3. The summed E-state index contributed by atoms with van der Waals surface area (Å²) in [5.41, 5.74) is 7.60. The Morgan fingerprint density at radius 2 is 2.17 bits per heavy atom. The Bertz CT molecular complexity index is 258. The Labute approximate surface area is 73.3 Å². The summed E-state index contributed by atoms with van der Waals surface area (Å²) in [6, 6.07) is 5.82. The lowest BCUT2D eigenvalue weighted by Crippen LogP contribution is -1.98. The first-order chi connectivity index (χ1) is 5.74. The molecule has 1 aromatic rings. The number of benzene rings is 1. The Morgan fingerprint density at radius 1 is 1.42 bits per heavy atom. The van der Waals surface area contributed by atoms with Crippen LogP contribution in [0.2, 0.25) is 0 Å². The number of anilines is 1. The fraction of sp³-hybridized carbons (Fsp3) is 0.400. The predicted octanol–water partition coefficient (Wildman–Crippen LogP) is 2.37. The van der Waals surface area contributed by atoms with E-state index in [0.717, 1.165) is 18.8 Å². The van der Waals surface area contributed by atoms with E-state index < -0.39 is 0 Å². The molecule has 0 aliphatic heterocycles. The molecule has 1 aromatic carbocycles. The number of aryl methyl sites for hydroxylation is 1. The van der Waals surface area contributed by atoms with Gasteiger partial charge in [-0.05, 0) is 31.0 Å². The van der Waals surface area contributed by atoms with Gasteiger partial charge in [0.2, 0.25) is 0 Å². The lowest BCUT2D eigenvalue weighted by molar-refractivity contribution is 0.319. The van der Waals surface area contributed by atoms with E-state index in [1.54, 1.807) is 0 Å². The lowest BCUT2D eigenvalue weighted by atomic mass is 10.2. The number of ether oxygens (including phenoxy) is 1. The molecule has 12 heavy (non-hydrogen) atoms. The van der Waals surface area contributed by atoms with Gasteiger partial charge >= 0.3 is 0 Å². The Kier molecular flexibility index (Phi) is 2.97. The molecule has 0 heterocycles. The minimum absolute atomic E-state index is 0.717. The highest BCUT2D eigenvalue weighted by Crippen LogP contribution is 2.22. The molecular formula is C10H15NO. The first-order valence-electron chi connectivity index (χ1n) is 4.23. The third-order valence-corrected chi connectivity index (χ3v) is 1.63. The molecule has 0 saturated carbocycles. The van der Waals surface area contributed by atoms with E-state index in [-0.39, 0.29) is 0 Å². The van der Waals surface area contributed by atoms with Crippen molar-refractivity contribution in [2.24, 2.45) is 0 Å². The molecule has 0 unspecified atom stereocenters. The smallest absolute Gasteiger partial charge is 0.142 e. The monoisotopic (exact) mass is 165 g/mol. The van der Waals surface area contributed by atoms with Crippen molar-refractivity contribution in [1.82, 2.24) is 0 Å². The summed E-state index contributed by atoms with van der Waals surface area (Å²) in [5, 5.41) is 0. The molecule has 0 bridgehead atoms. The number of nitrogens with two attached hydrogens (primary N) is 1. The van der Waals surface area contributed by atoms with Crippen molar-refractivity contribution in [3.8, 4) is 5.75 Å². The number of hydrogen-bond donors (Lipinski definition) is 1. The van der Waals surface area contributed by atoms with Crippen molar-refractivity contribution in [3.63, 3.8) is 0 Å². The minimum Gasteiger partial charge on any atom is -0.491 e. The first-order valence-corrected chi connectivity index (χ1v) is 4.23. The van der Waals surface area contributed by atoms with E-state index in [4.69, 9.17) is 10.5 Å². The van der Waals surface area contributed by atoms with E-state index in [1.807, 2.05) is 25.1 Å². The van der Waals surface area contributed by atoms with Crippen LogP contribution < -0.4 is 10.5 Å². The Morgan fingerprint density at radius 3 is 2.83 bits per heavy atom. The normalized spacial score (nSPS) is 9.83. The van der Waals surface area contributed by atoms with Crippen molar-refractivity contribution in [2.45, 2.75) is 20.3 Å². The average Bonchev–Trinajstić information content (AvgIpc) is 2.07. The van der Waals surface area contributed by atoms with Crippen LogP contribution in [0.4, 0.5) is 5.69 Å². The number of hydrogen-bond acceptors (Lipinski definition) is 2. The predicted molar refractivity (Wildman–Crippen MR) is 51.4 cm³/mol. The van der Waals surface area contributed by atoms with Crippen LogP contribution in [0.3, 0.4) is 0 Å². The maximum absolute atomic E-state index is 5.71. The van der Waals surface area contributed by atoms with Gasteiger partial charge in [0.25, 0.3) is 0 Å². The van der Waals surface area contributed by atoms with Crippen molar-refractivity contribution in [3.05, 3.63) is 23.8 Å². The van der Waals surface area contributed by atoms with E-state index in [1.165, 1.54) is 5.56 Å². The van der Waals surface area contributed by atoms with Gasteiger partial charge in [-0.15, -0.1) is 0 Å². The van der Waals surface area contributed by atoms with Gasteiger partial charge < -0.3 is 10.5 Å². The van der Waals surface area contributed by atoms with E-state index in [0.29, 0.717) is 5.69 Å². The summed E-state index contributed by atoms with van der Waals surface area (Å²) in [4.78, 5) is 0. The molecule has 66 valence electrons. The molecule has 0 fully saturated rings. The van der Waals surface area contributed by atoms with Gasteiger partial charge in [0, 0.05) is 0 Å². The summed E-state index contributed by atoms with van der Waals surface area (Å²) in [6.45, 7) is 4.83. The van der Waals surface area contributed by atoms with E-state index >= 15 is 0 Å². The molecule has 0 aromatic heterocycles. The molecule has 1 rings (SSSR count). The van der Waals surface area contributed by atoms with Crippen LogP contribution in [0.25, 0.3) is 0 Å².